The molecule has 0 bridgehead atoms. The summed E-state index contributed by atoms with van der Waals surface area (Å²) in [7, 11) is 0. The van der Waals surface area contributed by atoms with Crippen molar-refractivity contribution in [2.45, 2.75) is 12.5 Å². The smallest absolute Gasteiger partial charge is 0.341 e. The molecule has 116 valence electrons. The van der Waals surface area contributed by atoms with E-state index in [1.54, 1.807) is 12.1 Å². The van der Waals surface area contributed by atoms with Gasteiger partial charge in [0.1, 0.15) is 0 Å². The molecular formula is C13H13Cl2N5O2. The summed E-state index contributed by atoms with van der Waals surface area (Å²) in [4.78, 5) is 27.3. The van der Waals surface area contributed by atoms with Gasteiger partial charge < -0.3 is 10.2 Å². The van der Waals surface area contributed by atoms with E-state index in [2.05, 4.69) is 25.4 Å². The average molecular weight is 342 g/mol. The maximum atomic E-state index is 11.9. The van der Waals surface area contributed by atoms with Crippen molar-refractivity contribution in [2.75, 3.05) is 18.0 Å². The van der Waals surface area contributed by atoms with E-state index in [4.69, 9.17) is 23.2 Å². The van der Waals surface area contributed by atoms with Crippen molar-refractivity contribution in [1.82, 2.24) is 20.5 Å². The lowest BCUT2D eigenvalue weighted by Crippen LogP contribution is -2.37. The Morgan fingerprint density at radius 3 is 2.91 bits per heavy atom. The molecule has 1 amide bonds. The highest BCUT2D eigenvalue weighted by molar-refractivity contribution is 6.36. The summed E-state index contributed by atoms with van der Waals surface area (Å²) in [6.45, 7) is 1.39. The van der Waals surface area contributed by atoms with Gasteiger partial charge >= 0.3 is 5.69 Å². The maximum Gasteiger partial charge on any atom is 0.341 e. The van der Waals surface area contributed by atoms with Gasteiger partial charge in [0.25, 0.3) is 5.91 Å². The second-order valence-electron chi connectivity index (χ2n) is 5.03. The highest BCUT2D eigenvalue weighted by atomic mass is 35.5. The third-order valence-electron chi connectivity index (χ3n) is 3.49. The Labute approximate surface area is 135 Å². The Balaban J connectivity index is 1.65. The Morgan fingerprint density at radius 1 is 1.41 bits per heavy atom. The van der Waals surface area contributed by atoms with Gasteiger partial charge in [0, 0.05) is 24.2 Å². The van der Waals surface area contributed by atoms with Crippen LogP contribution in [0.2, 0.25) is 10.0 Å². The number of carbonyl (C=O) groups excluding carboxylic acids is 1. The lowest BCUT2D eigenvalue weighted by molar-refractivity contribution is 0.0930. The van der Waals surface area contributed by atoms with E-state index in [0.29, 0.717) is 16.6 Å². The Bertz CT molecular complexity index is 757. The molecule has 1 fully saturated rings. The van der Waals surface area contributed by atoms with Gasteiger partial charge in [-0.15, -0.1) is 5.10 Å². The summed E-state index contributed by atoms with van der Waals surface area (Å²) in [6.07, 6.45) is 0.777. The first-order chi connectivity index (χ1) is 10.5. The molecule has 2 heterocycles. The van der Waals surface area contributed by atoms with E-state index in [1.165, 1.54) is 0 Å². The van der Waals surface area contributed by atoms with Crippen LogP contribution in [0.3, 0.4) is 0 Å². The van der Waals surface area contributed by atoms with Crippen molar-refractivity contribution < 1.29 is 4.79 Å². The quantitative estimate of drug-likeness (QED) is 0.786. The first-order valence-electron chi connectivity index (χ1n) is 6.68. The van der Waals surface area contributed by atoms with Gasteiger partial charge in [-0.25, -0.2) is 9.89 Å². The van der Waals surface area contributed by atoms with Crippen LogP contribution in [0.15, 0.2) is 23.0 Å². The van der Waals surface area contributed by atoms with E-state index in [-0.39, 0.29) is 11.9 Å². The zero-order valence-corrected chi connectivity index (χ0v) is 12.9. The molecule has 7 nitrogen and oxygen atoms in total. The van der Waals surface area contributed by atoms with Crippen LogP contribution in [-0.4, -0.2) is 40.2 Å². The number of aromatic amines is 2. The van der Waals surface area contributed by atoms with E-state index in [1.807, 2.05) is 6.07 Å². The molecule has 1 atom stereocenters. The molecule has 22 heavy (non-hydrogen) atoms. The predicted molar refractivity (Wildman–Crippen MR) is 83.8 cm³/mol. The highest BCUT2D eigenvalue weighted by Crippen LogP contribution is 2.31. The van der Waals surface area contributed by atoms with Crippen LogP contribution < -0.4 is 15.9 Å². The third kappa shape index (κ3) is 3.10. The summed E-state index contributed by atoms with van der Waals surface area (Å²) < 4.78 is 0. The van der Waals surface area contributed by atoms with Crippen molar-refractivity contribution in [3.05, 3.63) is 44.6 Å². The molecule has 0 spiro atoms. The molecule has 9 heteroatoms. The first kappa shape index (κ1) is 14.9. The van der Waals surface area contributed by atoms with Gasteiger partial charge in [-0.05, 0) is 24.6 Å². The summed E-state index contributed by atoms with van der Waals surface area (Å²) in [5.41, 5.74) is 0.377. The average Bonchev–Trinajstić information content (AvgIpc) is 3.08. The number of H-pyrrole nitrogens is 2. The van der Waals surface area contributed by atoms with Crippen LogP contribution in [0.5, 0.6) is 0 Å². The SMILES string of the molecule is O=C(N[C@H]1CCN(c2ccc(Cl)cc2Cl)C1)c1n[nH]c(=O)[nH]1. The van der Waals surface area contributed by atoms with Gasteiger partial charge in [0.15, 0.2) is 0 Å². The van der Waals surface area contributed by atoms with Crippen molar-refractivity contribution in [1.29, 1.82) is 0 Å². The minimum atomic E-state index is -0.508. The molecule has 1 aliphatic rings. The molecule has 1 saturated heterocycles. The van der Waals surface area contributed by atoms with Crippen molar-refractivity contribution in [3.63, 3.8) is 0 Å². The van der Waals surface area contributed by atoms with Crippen molar-refractivity contribution in [3.8, 4) is 0 Å². The van der Waals surface area contributed by atoms with Gasteiger partial charge in [-0.3, -0.25) is 9.78 Å². The fourth-order valence-corrected chi connectivity index (χ4v) is 2.99. The number of hydrogen-bond acceptors (Lipinski definition) is 4. The largest absolute Gasteiger partial charge is 0.368 e. The molecule has 1 aliphatic heterocycles. The number of aromatic nitrogens is 3. The Morgan fingerprint density at radius 2 is 2.23 bits per heavy atom. The number of nitrogens with zero attached hydrogens (tertiary/aromatic N) is 2. The zero-order valence-electron chi connectivity index (χ0n) is 11.4. The molecule has 2 aromatic rings. The van der Waals surface area contributed by atoms with Gasteiger partial charge in [-0.1, -0.05) is 23.2 Å². The number of rotatable bonds is 3. The van der Waals surface area contributed by atoms with Crippen LogP contribution in [0, 0.1) is 0 Å². The molecule has 0 unspecified atom stereocenters. The van der Waals surface area contributed by atoms with E-state index < -0.39 is 11.6 Å². The van der Waals surface area contributed by atoms with Crippen LogP contribution in [0.25, 0.3) is 0 Å². The van der Waals surface area contributed by atoms with E-state index in [9.17, 15) is 9.59 Å². The van der Waals surface area contributed by atoms with Crippen LogP contribution in [0.4, 0.5) is 5.69 Å². The lowest BCUT2D eigenvalue weighted by Gasteiger charge is -2.20. The third-order valence-corrected chi connectivity index (χ3v) is 4.03. The molecule has 0 aliphatic carbocycles. The fraction of sp³-hybridized carbons (Fsp3) is 0.308. The normalized spacial score (nSPS) is 17.7. The van der Waals surface area contributed by atoms with E-state index >= 15 is 0 Å². The Kier molecular flexibility index (Phi) is 4.08. The number of carbonyl (C=O) groups is 1. The molecule has 3 N–H and O–H groups in total. The lowest BCUT2D eigenvalue weighted by atomic mass is 10.2. The second-order valence-corrected chi connectivity index (χ2v) is 5.87. The summed E-state index contributed by atoms with van der Waals surface area (Å²) in [5, 5.41) is 9.76. The van der Waals surface area contributed by atoms with Crippen molar-refractivity contribution in [2.24, 2.45) is 0 Å². The summed E-state index contributed by atoms with van der Waals surface area (Å²) in [6, 6.07) is 5.29. The number of nitrogens with one attached hydrogen (secondary N) is 3. The minimum absolute atomic E-state index is 0.0204. The van der Waals surface area contributed by atoms with Crippen molar-refractivity contribution >= 4 is 34.8 Å². The molecule has 1 aromatic heterocycles. The van der Waals surface area contributed by atoms with Crippen LogP contribution in [-0.2, 0) is 0 Å². The predicted octanol–water partition coefficient (Wildman–Crippen LogP) is 1.41. The molecule has 3 rings (SSSR count). The fourth-order valence-electron chi connectivity index (χ4n) is 2.47. The number of amides is 1. The first-order valence-corrected chi connectivity index (χ1v) is 7.44. The molecule has 0 radical (unpaired) electrons. The zero-order chi connectivity index (χ0) is 15.7. The summed E-state index contributed by atoms with van der Waals surface area (Å²) in [5.74, 6) is -0.430. The maximum absolute atomic E-state index is 11.9. The van der Waals surface area contributed by atoms with Crippen LogP contribution >= 0.6 is 23.2 Å². The summed E-state index contributed by atoms with van der Waals surface area (Å²) >= 11 is 12.1. The van der Waals surface area contributed by atoms with Gasteiger partial charge in [0.2, 0.25) is 5.82 Å². The Hall–Kier alpha value is -1.99. The number of anilines is 1. The van der Waals surface area contributed by atoms with Crippen LogP contribution in [0.1, 0.15) is 17.0 Å². The molecule has 0 saturated carbocycles. The second kappa shape index (κ2) is 6.02. The topological polar surface area (TPSA) is 93.9 Å². The van der Waals surface area contributed by atoms with Gasteiger partial charge in [0.05, 0.1) is 10.7 Å². The molecular weight excluding hydrogens is 329 g/mol. The monoisotopic (exact) mass is 341 g/mol. The molecule has 1 aromatic carbocycles. The van der Waals surface area contributed by atoms with Gasteiger partial charge in [-0.2, -0.15) is 0 Å². The number of halogens is 2. The standard InChI is InChI=1S/C13H13Cl2N5O2/c14-7-1-2-10(9(15)5-7)20-4-3-8(6-20)16-12(21)11-17-13(22)19-18-11/h1-2,5,8H,3-4,6H2,(H,16,21)(H2,17,18,19,22)/t8-/m0/s1. The minimum Gasteiger partial charge on any atom is -0.368 e. The highest BCUT2D eigenvalue weighted by Gasteiger charge is 2.26. The van der Waals surface area contributed by atoms with E-state index in [0.717, 1.165) is 18.7 Å². The number of hydrogen-bond donors (Lipinski definition) is 3. The number of benzene rings is 1.